The fraction of sp³-hybridized carbons (Fsp3) is 1.00. The molecule has 0 fully saturated rings. The van der Waals surface area contributed by atoms with Crippen molar-refractivity contribution in [1.29, 1.82) is 0 Å². The van der Waals surface area contributed by atoms with E-state index in [1.807, 2.05) is 0 Å². The highest BCUT2D eigenvalue weighted by Gasteiger charge is 2.16. The Morgan fingerprint density at radius 2 is 1.93 bits per heavy atom. The Morgan fingerprint density at radius 1 is 1.36 bits per heavy atom. The van der Waals surface area contributed by atoms with Crippen LogP contribution in [0, 0.1) is 0 Å². The zero-order valence-electron chi connectivity index (χ0n) is 9.06. The summed E-state index contributed by atoms with van der Waals surface area (Å²) in [6, 6.07) is 0. The summed E-state index contributed by atoms with van der Waals surface area (Å²) < 4.78 is 27.4. The average Bonchev–Trinajstić information content (AvgIpc) is 2.04. The maximum Gasteiger partial charge on any atom is 0.152 e. The third-order valence-corrected chi connectivity index (χ3v) is 4.34. The van der Waals surface area contributed by atoms with Crippen molar-refractivity contribution in [2.24, 2.45) is 0 Å². The van der Waals surface area contributed by atoms with Gasteiger partial charge in [-0.25, -0.2) is 8.42 Å². The average molecular weight is 224 g/mol. The van der Waals surface area contributed by atoms with Crippen molar-refractivity contribution in [1.82, 2.24) is 0 Å². The van der Waals surface area contributed by atoms with Gasteiger partial charge >= 0.3 is 0 Å². The number of ether oxygens (including phenoxy) is 1. The van der Waals surface area contributed by atoms with E-state index >= 15 is 0 Å². The van der Waals surface area contributed by atoms with E-state index in [1.165, 1.54) is 7.11 Å². The summed E-state index contributed by atoms with van der Waals surface area (Å²) in [6.07, 6.45) is 0.410. The van der Waals surface area contributed by atoms with E-state index in [2.05, 4.69) is 0 Å². The number of aliphatic hydroxyl groups excluding tert-OH is 1. The van der Waals surface area contributed by atoms with E-state index in [1.54, 1.807) is 13.8 Å². The van der Waals surface area contributed by atoms with Gasteiger partial charge in [-0.3, -0.25) is 0 Å². The lowest BCUT2D eigenvalue weighted by Crippen LogP contribution is -2.20. The van der Waals surface area contributed by atoms with Crippen molar-refractivity contribution in [2.45, 2.75) is 38.0 Å². The molecule has 14 heavy (non-hydrogen) atoms. The van der Waals surface area contributed by atoms with Crippen molar-refractivity contribution in [3.8, 4) is 0 Å². The molecule has 0 radical (unpaired) electrons. The molecule has 4 nitrogen and oxygen atoms in total. The highest BCUT2D eigenvalue weighted by Crippen LogP contribution is 2.06. The Labute approximate surface area is 86.2 Å². The van der Waals surface area contributed by atoms with E-state index in [-0.39, 0.29) is 17.6 Å². The summed E-state index contributed by atoms with van der Waals surface area (Å²) in [5, 5.41) is 8.93. The van der Waals surface area contributed by atoms with Crippen LogP contribution >= 0.6 is 0 Å². The van der Waals surface area contributed by atoms with Crippen molar-refractivity contribution >= 4 is 9.84 Å². The lowest BCUT2D eigenvalue weighted by Gasteiger charge is -2.10. The molecule has 0 aliphatic rings. The highest BCUT2D eigenvalue weighted by molar-refractivity contribution is 7.91. The van der Waals surface area contributed by atoms with Crippen molar-refractivity contribution in [2.75, 3.05) is 19.5 Å². The Kier molecular flexibility index (Phi) is 6.31. The molecule has 0 saturated heterocycles. The third kappa shape index (κ3) is 5.57. The summed E-state index contributed by atoms with van der Waals surface area (Å²) in [7, 11) is -1.45. The lowest BCUT2D eigenvalue weighted by molar-refractivity contribution is 0.0590. The Hall–Kier alpha value is -0.130. The molecule has 0 aromatic rings. The van der Waals surface area contributed by atoms with Gasteiger partial charge in [0, 0.05) is 7.11 Å². The van der Waals surface area contributed by atoms with Crippen molar-refractivity contribution in [3.05, 3.63) is 0 Å². The third-order valence-electron chi connectivity index (χ3n) is 2.04. The van der Waals surface area contributed by atoms with E-state index in [9.17, 15) is 13.5 Å². The summed E-state index contributed by atoms with van der Waals surface area (Å²) >= 11 is 0. The fourth-order valence-electron chi connectivity index (χ4n) is 1.03. The second-order valence-corrected chi connectivity index (χ2v) is 6.34. The van der Waals surface area contributed by atoms with Gasteiger partial charge in [0.25, 0.3) is 0 Å². The van der Waals surface area contributed by atoms with Crippen LogP contribution < -0.4 is 0 Å². The van der Waals surface area contributed by atoms with Crippen molar-refractivity contribution < 1.29 is 18.3 Å². The normalized spacial score (nSPS) is 14.6. The predicted molar refractivity (Wildman–Crippen MR) is 56.0 cm³/mol. The molecule has 0 aromatic heterocycles. The molecule has 5 heteroatoms. The number of aliphatic hydroxyl groups is 1. The molecule has 0 rings (SSSR count). The largest absolute Gasteiger partial charge is 0.391 e. The Morgan fingerprint density at radius 3 is 2.36 bits per heavy atom. The number of methoxy groups -OCH3 is 1. The van der Waals surface area contributed by atoms with E-state index in [0.717, 1.165) is 0 Å². The summed E-state index contributed by atoms with van der Waals surface area (Å²) in [5.74, 6) is 0.144. The monoisotopic (exact) mass is 224 g/mol. The van der Waals surface area contributed by atoms with Gasteiger partial charge in [0.15, 0.2) is 9.84 Å². The zero-order valence-corrected chi connectivity index (χ0v) is 9.88. The number of rotatable bonds is 7. The quantitative estimate of drug-likeness (QED) is 0.687. The van der Waals surface area contributed by atoms with Crippen LogP contribution in [0.5, 0.6) is 0 Å². The molecule has 0 aliphatic carbocycles. The predicted octanol–water partition coefficient (Wildman–Crippen LogP) is 0.597. The Balaban J connectivity index is 3.74. The number of sulfone groups is 1. The van der Waals surface area contributed by atoms with Crippen LogP contribution in [0.2, 0.25) is 0 Å². The van der Waals surface area contributed by atoms with Gasteiger partial charge < -0.3 is 9.84 Å². The van der Waals surface area contributed by atoms with Gasteiger partial charge in [-0.2, -0.15) is 0 Å². The lowest BCUT2D eigenvalue weighted by atomic mass is 10.2. The second kappa shape index (κ2) is 6.37. The number of hydrogen-bond donors (Lipinski definition) is 1. The minimum Gasteiger partial charge on any atom is -0.391 e. The smallest absolute Gasteiger partial charge is 0.152 e. The van der Waals surface area contributed by atoms with E-state index < -0.39 is 15.9 Å². The first-order chi connectivity index (χ1) is 6.40. The van der Waals surface area contributed by atoms with Crippen LogP contribution in [0.4, 0.5) is 0 Å². The molecule has 1 atom stereocenters. The molecular formula is C9H20O4S. The van der Waals surface area contributed by atoms with Gasteiger partial charge in [-0.05, 0) is 26.7 Å². The minimum atomic E-state index is -2.96. The first-order valence-corrected chi connectivity index (χ1v) is 6.50. The van der Waals surface area contributed by atoms with Gasteiger partial charge in [-0.1, -0.05) is 0 Å². The molecule has 0 amide bonds. The molecule has 0 saturated carbocycles. The molecule has 0 spiro atoms. The second-order valence-electron chi connectivity index (χ2n) is 3.67. The van der Waals surface area contributed by atoms with Crippen LogP contribution in [0.3, 0.4) is 0 Å². The van der Waals surface area contributed by atoms with Crippen LogP contribution in [-0.2, 0) is 14.6 Å². The Bertz CT molecular complexity index is 233. The van der Waals surface area contributed by atoms with Gasteiger partial charge in [0.05, 0.1) is 23.7 Å². The zero-order chi connectivity index (χ0) is 11.2. The summed E-state index contributed by atoms with van der Waals surface area (Å²) in [5.41, 5.74) is 0. The van der Waals surface area contributed by atoms with E-state index in [4.69, 9.17) is 4.74 Å². The first kappa shape index (κ1) is 13.9. The summed E-state index contributed by atoms with van der Waals surface area (Å²) in [4.78, 5) is 0. The van der Waals surface area contributed by atoms with Gasteiger partial charge in [0.1, 0.15) is 0 Å². The minimum absolute atomic E-state index is 0.144. The maximum atomic E-state index is 11.4. The molecule has 1 unspecified atom stereocenters. The van der Waals surface area contributed by atoms with Crippen LogP contribution in [0.15, 0.2) is 0 Å². The standard InChI is InChI=1S/C9H20O4S/c1-8(2)14(11,12)6-4-5-9(10)7-13-3/h8-10H,4-7H2,1-3H3. The van der Waals surface area contributed by atoms with Crippen molar-refractivity contribution in [3.63, 3.8) is 0 Å². The topological polar surface area (TPSA) is 63.6 Å². The fourth-order valence-corrected chi connectivity index (χ4v) is 2.07. The molecule has 0 aromatic carbocycles. The van der Waals surface area contributed by atoms with Gasteiger partial charge in [0.2, 0.25) is 0 Å². The summed E-state index contributed by atoms with van der Waals surface area (Å²) in [6.45, 7) is 3.60. The number of hydrogen-bond acceptors (Lipinski definition) is 4. The SMILES string of the molecule is COCC(O)CCCS(=O)(=O)C(C)C. The molecule has 86 valence electrons. The molecule has 0 aliphatic heterocycles. The van der Waals surface area contributed by atoms with Crippen LogP contribution in [0.25, 0.3) is 0 Å². The van der Waals surface area contributed by atoms with Crippen LogP contribution in [-0.4, -0.2) is 44.3 Å². The molecule has 0 bridgehead atoms. The highest BCUT2D eigenvalue weighted by atomic mass is 32.2. The van der Waals surface area contributed by atoms with E-state index in [0.29, 0.717) is 12.8 Å². The van der Waals surface area contributed by atoms with Gasteiger partial charge in [-0.15, -0.1) is 0 Å². The molecule has 0 heterocycles. The first-order valence-electron chi connectivity index (χ1n) is 4.78. The molecular weight excluding hydrogens is 204 g/mol. The van der Waals surface area contributed by atoms with Crippen LogP contribution in [0.1, 0.15) is 26.7 Å². The maximum absolute atomic E-state index is 11.4. The molecule has 1 N–H and O–H groups in total.